The number of halogens is 1. The third kappa shape index (κ3) is 4.67. The fourth-order valence-electron chi connectivity index (χ4n) is 2.86. The van der Waals surface area contributed by atoms with Crippen molar-refractivity contribution in [2.45, 2.75) is 13.0 Å². The third-order valence-corrected chi connectivity index (χ3v) is 4.52. The molecule has 0 saturated carbocycles. The van der Waals surface area contributed by atoms with Crippen LogP contribution >= 0.6 is 11.6 Å². The van der Waals surface area contributed by atoms with E-state index in [1.54, 1.807) is 11.0 Å². The minimum absolute atomic E-state index is 0.129. The first-order valence-corrected chi connectivity index (χ1v) is 9.24. The minimum atomic E-state index is -0.677. The van der Waals surface area contributed by atoms with Gasteiger partial charge in [-0.3, -0.25) is 9.59 Å². The molecule has 3 rings (SSSR count). The molecule has 0 radical (unpaired) electrons. The van der Waals surface area contributed by atoms with Crippen molar-refractivity contribution in [3.8, 4) is 17.2 Å². The van der Waals surface area contributed by atoms with Crippen LogP contribution in [0.5, 0.6) is 17.2 Å². The number of fused-ring (bicyclic) bond motifs is 1. The second kappa shape index (κ2) is 8.84. The van der Waals surface area contributed by atoms with Crippen LogP contribution in [-0.2, 0) is 4.79 Å². The number of carbonyl (C=O) groups is 2. The van der Waals surface area contributed by atoms with E-state index in [2.05, 4.69) is 0 Å². The molecule has 0 saturated heterocycles. The maximum atomic E-state index is 12.6. The molecule has 2 amide bonds. The SMILES string of the molecule is CCN(C[C@@H]1COc2ccccc2O1)C(=O)COc1ccc(Cl)cc1C(N)=O. The number of hydrogen-bond acceptors (Lipinski definition) is 5. The molecule has 1 heterocycles. The molecule has 1 aliphatic heterocycles. The second-order valence-electron chi connectivity index (χ2n) is 6.22. The number of primary amides is 1. The topological polar surface area (TPSA) is 91.1 Å². The molecule has 0 aromatic heterocycles. The predicted octanol–water partition coefficient (Wildman–Crippen LogP) is 2.51. The lowest BCUT2D eigenvalue weighted by Crippen LogP contribution is -2.45. The Balaban J connectivity index is 1.60. The van der Waals surface area contributed by atoms with Crippen molar-refractivity contribution >= 4 is 23.4 Å². The summed E-state index contributed by atoms with van der Waals surface area (Å²) >= 11 is 5.88. The van der Waals surface area contributed by atoms with Crippen LogP contribution in [0.1, 0.15) is 17.3 Å². The Morgan fingerprint density at radius 1 is 1.25 bits per heavy atom. The Kier molecular flexibility index (Phi) is 6.26. The lowest BCUT2D eigenvalue weighted by atomic mass is 10.2. The van der Waals surface area contributed by atoms with Crippen LogP contribution in [0, 0.1) is 0 Å². The summed E-state index contributed by atoms with van der Waals surface area (Å²) in [6.45, 7) is 2.82. The summed E-state index contributed by atoms with van der Waals surface area (Å²) in [4.78, 5) is 25.7. The third-order valence-electron chi connectivity index (χ3n) is 4.28. The Morgan fingerprint density at radius 3 is 2.71 bits per heavy atom. The lowest BCUT2D eigenvalue weighted by molar-refractivity contribution is -0.134. The van der Waals surface area contributed by atoms with Crippen molar-refractivity contribution < 1.29 is 23.8 Å². The van der Waals surface area contributed by atoms with E-state index in [0.717, 1.165) is 0 Å². The molecule has 0 unspecified atom stereocenters. The Bertz CT molecular complexity index is 873. The molecule has 1 aliphatic rings. The summed E-state index contributed by atoms with van der Waals surface area (Å²) in [5.41, 5.74) is 5.46. The van der Waals surface area contributed by atoms with E-state index >= 15 is 0 Å². The van der Waals surface area contributed by atoms with Crippen molar-refractivity contribution in [1.82, 2.24) is 4.90 Å². The van der Waals surface area contributed by atoms with Crippen LogP contribution in [0.3, 0.4) is 0 Å². The Morgan fingerprint density at radius 2 is 2.00 bits per heavy atom. The highest BCUT2D eigenvalue weighted by atomic mass is 35.5. The standard InChI is InChI=1S/C20H21ClN2O5/c1-2-23(10-14-11-26-17-5-3-4-6-18(17)28-14)19(24)12-27-16-8-7-13(21)9-15(16)20(22)25/h3-9,14H,2,10-12H2,1H3,(H2,22,25)/t14-/m1/s1. The van der Waals surface area contributed by atoms with Gasteiger partial charge in [0.1, 0.15) is 12.4 Å². The van der Waals surface area contributed by atoms with E-state index in [0.29, 0.717) is 36.2 Å². The normalized spacial score (nSPS) is 15.0. The zero-order valence-electron chi connectivity index (χ0n) is 15.4. The van der Waals surface area contributed by atoms with Gasteiger partial charge in [-0.05, 0) is 37.3 Å². The maximum absolute atomic E-state index is 12.6. The van der Waals surface area contributed by atoms with Crippen molar-refractivity contribution in [1.29, 1.82) is 0 Å². The molecule has 2 aromatic rings. The van der Waals surface area contributed by atoms with Crippen LogP contribution in [0.25, 0.3) is 0 Å². The molecule has 28 heavy (non-hydrogen) atoms. The first-order chi connectivity index (χ1) is 13.5. The van der Waals surface area contributed by atoms with E-state index in [-0.39, 0.29) is 29.9 Å². The van der Waals surface area contributed by atoms with Gasteiger partial charge in [-0.25, -0.2) is 0 Å². The van der Waals surface area contributed by atoms with Crippen molar-refractivity contribution in [2.75, 3.05) is 26.3 Å². The zero-order valence-corrected chi connectivity index (χ0v) is 16.1. The smallest absolute Gasteiger partial charge is 0.260 e. The molecule has 2 aromatic carbocycles. The molecule has 0 bridgehead atoms. The van der Waals surface area contributed by atoms with E-state index in [1.165, 1.54) is 12.1 Å². The number of hydrogen-bond donors (Lipinski definition) is 1. The number of amides is 2. The Labute approximate surface area is 167 Å². The number of likely N-dealkylation sites (N-methyl/N-ethyl adjacent to an activating group) is 1. The van der Waals surface area contributed by atoms with Crippen molar-refractivity contribution in [3.05, 3.63) is 53.1 Å². The maximum Gasteiger partial charge on any atom is 0.260 e. The fourth-order valence-corrected chi connectivity index (χ4v) is 3.03. The van der Waals surface area contributed by atoms with Gasteiger partial charge in [-0.2, -0.15) is 0 Å². The number of para-hydroxylation sites is 2. The predicted molar refractivity (Wildman–Crippen MR) is 104 cm³/mol. The van der Waals surface area contributed by atoms with Gasteiger partial charge < -0.3 is 24.8 Å². The van der Waals surface area contributed by atoms with Crippen molar-refractivity contribution in [3.63, 3.8) is 0 Å². The zero-order chi connectivity index (χ0) is 20.1. The van der Waals surface area contributed by atoms with Gasteiger partial charge in [0.2, 0.25) is 0 Å². The second-order valence-corrected chi connectivity index (χ2v) is 6.66. The van der Waals surface area contributed by atoms with E-state index in [9.17, 15) is 9.59 Å². The Hall–Kier alpha value is -2.93. The van der Waals surface area contributed by atoms with Gasteiger partial charge in [-0.15, -0.1) is 0 Å². The summed E-state index contributed by atoms with van der Waals surface area (Å²) < 4.78 is 17.1. The molecule has 0 spiro atoms. The number of carbonyl (C=O) groups excluding carboxylic acids is 2. The molecule has 0 aliphatic carbocycles. The molecular weight excluding hydrogens is 384 g/mol. The molecule has 2 N–H and O–H groups in total. The number of ether oxygens (including phenoxy) is 3. The molecule has 8 heteroatoms. The monoisotopic (exact) mass is 404 g/mol. The van der Waals surface area contributed by atoms with Gasteiger partial charge in [0.15, 0.2) is 24.2 Å². The summed E-state index contributed by atoms with van der Waals surface area (Å²) in [5, 5.41) is 0.359. The van der Waals surface area contributed by atoms with Crippen LogP contribution < -0.4 is 19.9 Å². The first-order valence-electron chi connectivity index (χ1n) is 8.86. The van der Waals surface area contributed by atoms with Gasteiger partial charge in [0, 0.05) is 11.6 Å². The van der Waals surface area contributed by atoms with Gasteiger partial charge in [0.25, 0.3) is 11.8 Å². The fraction of sp³-hybridized carbons (Fsp3) is 0.300. The van der Waals surface area contributed by atoms with E-state index in [1.807, 2.05) is 31.2 Å². The average Bonchev–Trinajstić information content (AvgIpc) is 2.70. The minimum Gasteiger partial charge on any atom is -0.486 e. The van der Waals surface area contributed by atoms with E-state index in [4.69, 9.17) is 31.5 Å². The number of nitrogens with zero attached hydrogens (tertiary/aromatic N) is 1. The van der Waals surface area contributed by atoms with Gasteiger partial charge in [-0.1, -0.05) is 23.7 Å². The quantitative estimate of drug-likeness (QED) is 0.765. The summed E-state index contributed by atoms with van der Waals surface area (Å²) in [6, 6.07) is 11.9. The van der Waals surface area contributed by atoms with E-state index < -0.39 is 5.91 Å². The molecule has 1 atom stereocenters. The highest BCUT2D eigenvalue weighted by Gasteiger charge is 2.25. The van der Waals surface area contributed by atoms with Gasteiger partial charge >= 0.3 is 0 Å². The van der Waals surface area contributed by atoms with Crippen LogP contribution in [-0.4, -0.2) is 49.1 Å². The first kappa shape index (κ1) is 19.8. The summed E-state index contributed by atoms with van der Waals surface area (Å²) in [7, 11) is 0. The number of rotatable bonds is 7. The lowest BCUT2D eigenvalue weighted by Gasteiger charge is -2.30. The van der Waals surface area contributed by atoms with Crippen molar-refractivity contribution in [2.24, 2.45) is 5.73 Å². The largest absolute Gasteiger partial charge is 0.486 e. The highest BCUT2D eigenvalue weighted by molar-refractivity contribution is 6.31. The molecule has 0 fully saturated rings. The van der Waals surface area contributed by atoms with Gasteiger partial charge in [0.05, 0.1) is 12.1 Å². The van der Waals surface area contributed by atoms with Crippen LogP contribution in [0.15, 0.2) is 42.5 Å². The highest BCUT2D eigenvalue weighted by Crippen LogP contribution is 2.31. The summed E-state index contributed by atoms with van der Waals surface area (Å²) in [6.07, 6.45) is -0.282. The molecule has 7 nitrogen and oxygen atoms in total. The molecular formula is C20H21ClN2O5. The number of nitrogens with two attached hydrogens (primary N) is 1. The van der Waals surface area contributed by atoms with Crippen LogP contribution in [0.4, 0.5) is 0 Å². The number of benzene rings is 2. The average molecular weight is 405 g/mol. The summed E-state index contributed by atoms with van der Waals surface area (Å²) in [5.74, 6) is 0.649. The van der Waals surface area contributed by atoms with Crippen LogP contribution in [0.2, 0.25) is 5.02 Å². The molecule has 148 valence electrons.